The lowest BCUT2D eigenvalue weighted by atomic mass is 10.2. The van der Waals surface area contributed by atoms with Gasteiger partial charge < -0.3 is 10.5 Å². The van der Waals surface area contributed by atoms with Gasteiger partial charge in [0.25, 0.3) is 5.91 Å². The Labute approximate surface area is 89.0 Å². The van der Waals surface area contributed by atoms with Gasteiger partial charge in [-0.05, 0) is 11.4 Å². The van der Waals surface area contributed by atoms with Crippen LogP contribution < -0.4 is 5.73 Å². The van der Waals surface area contributed by atoms with Crippen LogP contribution in [0.4, 0.5) is 4.79 Å². The quantitative estimate of drug-likeness (QED) is 0.790. The summed E-state index contributed by atoms with van der Waals surface area (Å²) in [4.78, 5) is 31.9. The molecule has 0 unspecified atom stereocenters. The molecule has 7 heteroatoms. The largest absolute Gasteiger partial charge is 0.440 e. The number of nitroso groups, excluding NO2 is 1. The van der Waals surface area contributed by atoms with Gasteiger partial charge in [0.15, 0.2) is 0 Å². The van der Waals surface area contributed by atoms with E-state index in [1.54, 1.807) is 17.5 Å². The van der Waals surface area contributed by atoms with Crippen molar-refractivity contribution in [2.75, 3.05) is 0 Å². The number of ether oxygens (including phenoxy) is 1. The monoisotopic (exact) mass is 228 g/mol. The predicted octanol–water partition coefficient (Wildman–Crippen LogP) is 1.57. The third kappa shape index (κ3) is 3.47. The van der Waals surface area contributed by atoms with Gasteiger partial charge in [-0.25, -0.2) is 4.79 Å². The highest BCUT2D eigenvalue weighted by atomic mass is 32.1. The minimum absolute atomic E-state index is 0.285. The van der Waals surface area contributed by atoms with Crippen LogP contribution >= 0.6 is 11.3 Å². The molecule has 80 valence electrons. The molecule has 0 saturated carbocycles. The summed E-state index contributed by atoms with van der Waals surface area (Å²) in [5, 5.41) is 3.98. The highest BCUT2D eigenvalue weighted by molar-refractivity contribution is 7.10. The minimum atomic E-state index is -0.993. The van der Waals surface area contributed by atoms with Crippen LogP contribution in [-0.4, -0.2) is 12.0 Å². The minimum Gasteiger partial charge on any atom is -0.440 e. The van der Waals surface area contributed by atoms with Crippen molar-refractivity contribution in [2.24, 2.45) is 10.9 Å². The normalized spacial score (nSPS) is 11.7. The average Bonchev–Trinajstić information content (AvgIpc) is 2.68. The lowest BCUT2D eigenvalue weighted by Crippen LogP contribution is -2.18. The topological polar surface area (TPSA) is 98.8 Å². The standard InChI is InChI=1S/C8H8N2O4S/c9-8(12)14-5(4-7(11)10-13)6-2-1-3-15-6/h1-3,5H,4H2,(H2,9,12)/t5-/m0/s1. The highest BCUT2D eigenvalue weighted by Crippen LogP contribution is 2.25. The van der Waals surface area contributed by atoms with E-state index in [9.17, 15) is 14.5 Å². The Balaban J connectivity index is 2.74. The predicted molar refractivity (Wildman–Crippen MR) is 53.1 cm³/mol. The molecule has 1 heterocycles. The lowest BCUT2D eigenvalue weighted by molar-refractivity contribution is -0.119. The number of hydrogen-bond acceptors (Lipinski definition) is 5. The fraction of sp³-hybridized carbons (Fsp3) is 0.250. The number of nitrogens with zero attached hydrogens (tertiary/aromatic N) is 1. The first-order valence-corrected chi connectivity index (χ1v) is 4.87. The van der Waals surface area contributed by atoms with Crippen molar-refractivity contribution >= 4 is 23.3 Å². The summed E-state index contributed by atoms with van der Waals surface area (Å²) in [5.74, 6) is -0.880. The maximum atomic E-state index is 10.8. The van der Waals surface area contributed by atoms with E-state index < -0.39 is 18.1 Å². The van der Waals surface area contributed by atoms with E-state index in [0.29, 0.717) is 4.88 Å². The second kappa shape index (κ2) is 5.20. The number of primary amides is 1. The van der Waals surface area contributed by atoms with Crippen LogP contribution in [0, 0.1) is 4.91 Å². The molecule has 2 amide bonds. The number of carbonyl (C=O) groups is 2. The Kier molecular flexibility index (Phi) is 3.92. The summed E-state index contributed by atoms with van der Waals surface area (Å²) < 4.78 is 4.70. The van der Waals surface area contributed by atoms with Gasteiger partial charge in [0, 0.05) is 10.1 Å². The lowest BCUT2D eigenvalue weighted by Gasteiger charge is -2.12. The Bertz CT molecular complexity index is 363. The molecule has 0 spiro atoms. The summed E-state index contributed by atoms with van der Waals surface area (Å²) in [7, 11) is 0. The number of hydrogen-bond donors (Lipinski definition) is 1. The number of nitrogens with two attached hydrogens (primary N) is 1. The van der Waals surface area contributed by atoms with E-state index >= 15 is 0 Å². The first kappa shape index (κ1) is 11.3. The molecule has 0 aliphatic heterocycles. The molecule has 0 bridgehead atoms. The van der Waals surface area contributed by atoms with Gasteiger partial charge in [0.2, 0.25) is 0 Å². The number of thiophene rings is 1. The van der Waals surface area contributed by atoms with Crippen molar-refractivity contribution in [2.45, 2.75) is 12.5 Å². The Morgan fingerprint density at radius 3 is 2.80 bits per heavy atom. The average molecular weight is 228 g/mol. The molecule has 6 nitrogen and oxygen atoms in total. The molecule has 1 atom stereocenters. The zero-order chi connectivity index (χ0) is 11.3. The van der Waals surface area contributed by atoms with Gasteiger partial charge in [-0.15, -0.1) is 16.2 Å². The molecule has 0 aliphatic carbocycles. The number of rotatable bonds is 4. The fourth-order valence-corrected chi connectivity index (χ4v) is 1.77. The van der Waals surface area contributed by atoms with E-state index in [2.05, 4.69) is 5.18 Å². The SMILES string of the molecule is NC(=O)O[C@@H](CC(=O)N=O)c1cccs1. The molecule has 1 aromatic heterocycles. The molecule has 0 radical (unpaired) electrons. The number of amides is 2. The van der Waals surface area contributed by atoms with E-state index in [-0.39, 0.29) is 6.42 Å². The molecule has 15 heavy (non-hydrogen) atoms. The summed E-state index contributed by atoms with van der Waals surface area (Å²) in [6.45, 7) is 0. The molecule has 0 fully saturated rings. The van der Waals surface area contributed by atoms with Crippen molar-refractivity contribution in [3.8, 4) is 0 Å². The molecule has 1 rings (SSSR count). The van der Waals surface area contributed by atoms with Gasteiger partial charge in [-0.2, -0.15) is 0 Å². The fourth-order valence-electron chi connectivity index (χ4n) is 1.01. The summed E-state index contributed by atoms with van der Waals surface area (Å²) in [5.41, 5.74) is 4.84. The molecular weight excluding hydrogens is 220 g/mol. The summed E-state index contributed by atoms with van der Waals surface area (Å²) >= 11 is 1.30. The number of carbonyl (C=O) groups excluding carboxylic acids is 2. The van der Waals surface area contributed by atoms with Crippen LogP contribution in [0.3, 0.4) is 0 Å². The van der Waals surface area contributed by atoms with Gasteiger partial charge >= 0.3 is 6.09 Å². The van der Waals surface area contributed by atoms with Crippen molar-refractivity contribution in [3.05, 3.63) is 27.3 Å². The molecule has 2 N–H and O–H groups in total. The smallest absolute Gasteiger partial charge is 0.405 e. The van der Waals surface area contributed by atoms with E-state index in [1.807, 2.05) is 0 Å². The highest BCUT2D eigenvalue weighted by Gasteiger charge is 2.20. The Morgan fingerprint density at radius 1 is 1.60 bits per heavy atom. The van der Waals surface area contributed by atoms with Crippen molar-refractivity contribution in [1.82, 2.24) is 0 Å². The van der Waals surface area contributed by atoms with Crippen LogP contribution in [-0.2, 0) is 9.53 Å². The zero-order valence-corrected chi connectivity index (χ0v) is 8.40. The third-order valence-electron chi connectivity index (χ3n) is 1.58. The van der Waals surface area contributed by atoms with E-state index in [4.69, 9.17) is 10.5 Å². The van der Waals surface area contributed by atoms with Gasteiger partial charge in [-0.1, -0.05) is 6.07 Å². The Morgan fingerprint density at radius 2 is 2.33 bits per heavy atom. The maximum Gasteiger partial charge on any atom is 0.405 e. The van der Waals surface area contributed by atoms with Crippen LogP contribution in [0.5, 0.6) is 0 Å². The van der Waals surface area contributed by atoms with Gasteiger partial charge in [0.05, 0.1) is 6.42 Å². The van der Waals surface area contributed by atoms with Gasteiger partial charge in [0.1, 0.15) is 6.10 Å². The first-order chi connectivity index (χ1) is 7.13. The second-order valence-electron chi connectivity index (χ2n) is 2.63. The van der Waals surface area contributed by atoms with Crippen LogP contribution in [0.1, 0.15) is 17.4 Å². The van der Waals surface area contributed by atoms with Gasteiger partial charge in [-0.3, -0.25) is 4.79 Å². The van der Waals surface area contributed by atoms with E-state index in [1.165, 1.54) is 11.3 Å². The molecule has 0 aliphatic rings. The van der Waals surface area contributed by atoms with Crippen molar-refractivity contribution in [3.63, 3.8) is 0 Å². The molecule has 1 aromatic rings. The van der Waals surface area contributed by atoms with E-state index in [0.717, 1.165) is 0 Å². The summed E-state index contributed by atoms with van der Waals surface area (Å²) in [6.07, 6.45) is -2.10. The molecule has 0 saturated heterocycles. The third-order valence-corrected chi connectivity index (χ3v) is 2.55. The molecule has 0 aromatic carbocycles. The summed E-state index contributed by atoms with van der Waals surface area (Å²) in [6, 6.07) is 3.41. The second-order valence-corrected chi connectivity index (χ2v) is 3.61. The molecular formula is C8H8N2O4S. The Hall–Kier alpha value is -1.76. The van der Waals surface area contributed by atoms with Crippen LogP contribution in [0.15, 0.2) is 22.7 Å². The maximum absolute atomic E-state index is 10.8. The zero-order valence-electron chi connectivity index (χ0n) is 7.58. The van der Waals surface area contributed by atoms with Crippen LogP contribution in [0.25, 0.3) is 0 Å². The van der Waals surface area contributed by atoms with Crippen molar-refractivity contribution < 1.29 is 14.3 Å². The van der Waals surface area contributed by atoms with Crippen molar-refractivity contribution in [1.29, 1.82) is 0 Å². The first-order valence-electron chi connectivity index (χ1n) is 3.99. The van der Waals surface area contributed by atoms with Crippen LogP contribution in [0.2, 0.25) is 0 Å².